The van der Waals surface area contributed by atoms with Crippen LogP contribution < -0.4 is 15.4 Å². The van der Waals surface area contributed by atoms with Gasteiger partial charge in [-0.25, -0.2) is 4.39 Å². The zero-order chi connectivity index (χ0) is 15.1. The first-order valence-corrected chi connectivity index (χ1v) is 7.16. The average molecular weight is 296 g/mol. The molecule has 2 rings (SSSR count). The summed E-state index contributed by atoms with van der Waals surface area (Å²) in [6.45, 7) is 1.52. The number of carbonyl (C=O) groups excluding carboxylic acids is 1. The summed E-state index contributed by atoms with van der Waals surface area (Å²) in [5.74, 6) is -0.469. The van der Waals surface area contributed by atoms with Crippen LogP contribution in [0.15, 0.2) is 18.2 Å². The number of anilines is 1. The molecule has 1 aliphatic rings. The van der Waals surface area contributed by atoms with Crippen LogP contribution in [0.1, 0.15) is 19.3 Å². The Labute approximate surface area is 123 Å². The molecule has 21 heavy (non-hydrogen) atoms. The largest absolute Gasteiger partial charge is 0.488 e. The van der Waals surface area contributed by atoms with Gasteiger partial charge in [-0.3, -0.25) is 4.79 Å². The molecule has 1 amide bonds. The number of ether oxygens (including phenoxy) is 2. The summed E-state index contributed by atoms with van der Waals surface area (Å²) < 4.78 is 23.9. The van der Waals surface area contributed by atoms with Gasteiger partial charge in [0.25, 0.3) is 0 Å². The fourth-order valence-corrected chi connectivity index (χ4v) is 2.24. The van der Waals surface area contributed by atoms with Crippen molar-refractivity contribution in [3.8, 4) is 5.75 Å². The summed E-state index contributed by atoms with van der Waals surface area (Å²) in [6.07, 6.45) is 2.93. The molecule has 1 heterocycles. The van der Waals surface area contributed by atoms with Crippen molar-refractivity contribution >= 4 is 11.6 Å². The third kappa shape index (κ3) is 4.68. The zero-order valence-corrected chi connectivity index (χ0v) is 12.2. The number of nitrogens with one attached hydrogen (secondary N) is 2. The Bertz CT molecular complexity index is 476. The van der Waals surface area contributed by atoms with Gasteiger partial charge in [-0.2, -0.15) is 0 Å². The molecule has 1 saturated heterocycles. The number of halogens is 1. The molecule has 0 aliphatic carbocycles. The summed E-state index contributed by atoms with van der Waals surface area (Å²) >= 11 is 0. The van der Waals surface area contributed by atoms with Crippen LogP contribution in [0.2, 0.25) is 0 Å². The van der Waals surface area contributed by atoms with E-state index in [9.17, 15) is 9.18 Å². The van der Waals surface area contributed by atoms with Crippen LogP contribution >= 0.6 is 0 Å². The quantitative estimate of drug-likeness (QED) is 0.788. The van der Waals surface area contributed by atoms with Gasteiger partial charge in [-0.05, 0) is 31.5 Å². The molecule has 0 saturated carbocycles. The first-order chi connectivity index (χ1) is 10.2. The number of benzene rings is 1. The van der Waals surface area contributed by atoms with Crippen molar-refractivity contribution in [2.24, 2.45) is 0 Å². The average Bonchev–Trinajstić information content (AvgIpc) is 2.50. The molecule has 0 spiro atoms. The lowest BCUT2D eigenvalue weighted by molar-refractivity contribution is -0.118. The molecule has 1 atom stereocenters. The van der Waals surface area contributed by atoms with Gasteiger partial charge in [0.15, 0.2) is 11.6 Å². The molecule has 116 valence electrons. The Balaban J connectivity index is 1.91. The Hall–Kier alpha value is -1.66. The van der Waals surface area contributed by atoms with Gasteiger partial charge in [0.05, 0.1) is 12.6 Å². The van der Waals surface area contributed by atoms with E-state index in [1.54, 1.807) is 13.2 Å². The summed E-state index contributed by atoms with van der Waals surface area (Å²) in [6, 6.07) is 4.21. The van der Waals surface area contributed by atoms with Crippen molar-refractivity contribution < 1.29 is 18.7 Å². The molecule has 5 nitrogen and oxygen atoms in total. The van der Waals surface area contributed by atoms with Crippen LogP contribution in [-0.2, 0) is 9.53 Å². The number of methoxy groups -OCH3 is 1. The van der Waals surface area contributed by atoms with E-state index in [-0.39, 0.29) is 24.3 Å². The Morgan fingerprint density at radius 3 is 2.95 bits per heavy atom. The van der Waals surface area contributed by atoms with Crippen LogP contribution in [-0.4, -0.2) is 38.8 Å². The van der Waals surface area contributed by atoms with Crippen LogP contribution in [0.4, 0.5) is 10.1 Å². The number of amides is 1. The lowest BCUT2D eigenvalue weighted by Gasteiger charge is -2.22. The second kappa shape index (κ2) is 7.95. The van der Waals surface area contributed by atoms with E-state index >= 15 is 0 Å². The zero-order valence-electron chi connectivity index (χ0n) is 12.2. The number of carbonyl (C=O) groups is 1. The molecular formula is C15H21FN2O3. The summed E-state index contributed by atoms with van der Waals surface area (Å²) in [5.41, 5.74) is 0.434. The molecule has 1 fully saturated rings. The molecule has 6 heteroatoms. The molecule has 2 N–H and O–H groups in total. The molecule has 0 radical (unpaired) electrons. The maximum absolute atomic E-state index is 13.8. The number of rotatable bonds is 6. The topological polar surface area (TPSA) is 59.6 Å². The van der Waals surface area contributed by atoms with Crippen LogP contribution in [0, 0.1) is 5.82 Å². The molecular weight excluding hydrogens is 275 g/mol. The van der Waals surface area contributed by atoms with Gasteiger partial charge in [-0.1, -0.05) is 6.42 Å². The predicted molar refractivity (Wildman–Crippen MR) is 78.0 cm³/mol. The smallest absolute Gasteiger partial charge is 0.241 e. The molecule has 1 aromatic carbocycles. The molecule has 0 bridgehead atoms. The fraction of sp³-hybridized carbons (Fsp3) is 0.533. The molecule has 0 aromatic heterocycles. The van der Waals surface area contributed by atoms with E-state index in [0.29, 0.717) is 12.3 Å². The van der Waals surface area contributed by atoms with Gasteiger partial charge < -0.3 is 20.1 Å². The normalized spacial score (nSPS) is 18.3. The second-order valence-corrected chi connectivity index (χ2v) is 4.98. The van der Waals surface area contributed by atoms with Crippen molar-refractivity contribution in [1.29, 1.82) is 0 Å². The second-order valence-electron chi connectivity index (χ2n) is 4.98. The minimum Gasteiger partial charge on any atom is -0.488 e. The highest BCUT2D eigenvalue weighted by molar-refractivity contribution is 5.94. The van der Waals surface area contributed by atoms with E-state index < -0.39 is 5.82 Å². The highest BCUT2D eigenvalue weighted by atomic mass is 19.1. The molecule has 1 aliphatic heterocycles. The third-order valence-corrected chi connectivity index (χ3v) is 3.37. The standard InChI is InChI=1S/C15H21FN2O3/c1-20-8-9-21-14-6-5-11(10-12(14)16)18-15(19)13-4-2-3-7-17-13/h5-6,10,13,17H,2-4,7-9H2,1H3,(H,18,19). The highest BCUT2D eigenvalue weighted by Crippen LogP contribution is 2.21. The van der Waals surface area contributed by atoms with E-state index in [1.165, 1.54) is 12.1 Å². The Morgan fingerprint density at radius 1 is 1.43 bits per heavy atom. The van der Waals surface area contributed by atoms with Crippen molar-refractivity contribution in [3.05, 3.63) is 24.0 Å². The van der Waals surface area contributed by atoms with Gasteiger partial charge >= 0.3 is 0 Å². The van der Waals surface area contributed by atoms with Crippen LogP contribution in [0.3, 0.4) is 0 Å². The number of hydrogen-bond acceptors (Lipinski definition) is 4. The van der Waals surface area contributed by atoms with E-state index in [1.807, 2.05) is 0 Å². The monoisotopic (exact) mass is 296 g/mol. The number of piperidine rings is 1. The van der Waals surface area contributed by atoms with Crippen molar-refractivity contribution in [1.82, 2.24) is 5.32 Å². The molecule has 1 unspecified atom stereocenters. The van der Waals surface area contributed by atoms with Gasteiger partial charge in [-0.15, -0.1) is 0 Å². The lowest BCUT2D eigenvalue weighted by Crippen LogP contribution is -2.43. The van der Waals surface area contributed by atoms with Gasteiger partial charge in [0, 0.05) is 18.9 Å². The van der Waals surface area contributed by atoms with Crippen LogP contribution in [0.5, 0.6) is 5.75 Å². The predicted octanol–water partition coefficient (Wildman–Crippen LogP) is 1.93. The van der Waals surface area contributed by atoms with E-state index in [2.05, 4.69) is 10.6 Å². The first kappa shape index (κ1) is 15.7. The van der Waals surface area contributed by atoms with Crippen molar-refractivity contribution in [2.45, 2.75) is 25.3 Å². The van der Waals surface area contributed by atoms with Gasteiger partial charge in [0.2, 0.25) is 5.91 Å². The van der Waals surface area contributed by atoms with E-state index in [0.717, 1.165) is 25.8 Å². The first-order valence-electron chi connectivity index (χ1n) is 7.16. The van der Waals surface area contributed by atoms with E-state index in [4.69, 9.17) is 9.47 Å². The summed E-state index contributed by atoms with van der Waals surface area (Å²) in [5, 5.41) is 5.88. The molecule has 1 aromatic rings. The number of hydrogen-bond donors (Lipinski definition) is 2. The highest BCUT2D eigenvalue weighted by Gasteiger charge is 2.20. The van der Waals surface area contributed by atoms with Crippen molar-refractivity contribution in [3.63, 3.8) is 0 Å². The summed E-state index contributed by atoms with van der Waals surface area (Å²) in [7, 11) is 1.55. The van der Waals surface area contributed by atoms with Gasteiger partial charge in [0.1, 0.15) is 6.61 Å². The summed E-state index contributed by atoms with van der Waals surface area (Å²) in [4.78, 5) is 12.0. The van der Waals surface area contributed by atoms with Crippen molar-refractivity contribution in [2.75, 3.05) is 32.2 Å². The Morgan fingerprint density at radius 2 is 2.29 bits per heavy atom. The minimum absolute atomic E-state index is 0.123. The fourth-order valence-electron chi connectivity index (χ4n) is 2.24. The maximum Gasteiger partial charge on any atom is 0.241 e. The van der Waals surface area contributed by atoms with Crippen LogP contribution in [0.25, 0.3) is 0 Å². The maximum atomic E-state index is 13.8. The Kier molecular flexibility index (Phi) is 5.95. The third-order valence-electron chi connectivity index (χ3n) is 3.37. The lowest BCUT2D eigenvalue weighted by atomic mass is 10.0. The SMILES string of the molecule is COCCOc1ccc(NC(=O)C2CCCCN2)cc1F. The minimum atomic E-state index is -0.500.